The Kier molecular flexibility index (Phi) is 5.30. The van der Waals surface area contributed by atoms with Gasteiger partial charge in [-0.15, -0.1) is 10.2 Å². The summed E-state index contributed by atoms with van der Waals surface area (Å²) in [6.07, 6.45) is 0.410. The summed E-state index contributed by atoms with van der Waals surface area (Å²) in [6.45, 7) is 0.300. The van der Waals surface area contributed by atoms with E-state index in [2.05, 4.69) is 15.5 Å². The van der Waals surface area contributed by atoms with E-state index in [1.54, 1.807) is 13.2 Å². The molecule has 3 aromatic rings. The van der Waals surface area contributed by atoms with Crippen LogP contribution in [0, 0.1) is 0 Å². The Morgan fingerprint density at radius 1 is 1.20 bits per heavy atom. The van der Waals surface area contributed by atoms with Gasteiger partial charge in [0.15, 0.2) is 0 Å². The van der Waals surface area contributed by atoms with Crippen LogP contribution in [-0.4, -0.2) is 23.2 Å². The van der Waals surface area contributed by atoms with Crippen molar-refractivity contribution in [3.8, 4) is 5.75 Å². The smallest absolute Gasteiger partial charge is 0.309 e. The first-order chi connectivity index (χ1) is 12.2. The van der Waals surface area contributed by atoms with Gasteiger partial charge >= 0.3 is 11.8 Å². The first-order valence-electron chi connectivity index (χ1n) is 7.62. The highest BCUT2D eigenvalue weighted by Gasteiger charge is 2.15. The van der Waals surface area contributed by atoms with E-state index >= 15 is 0 Å². The predicted octanol–water partition coefficient (Wildman–Crippen LogP) is 3.25. The summed E-state index contributed by atoms with van der Waals surface area (Å²) in [7, 11) is 1.58. The molecule has 0 aliphatic rings. The minimum Gasteiger partial charge on any atom is -0.496 e. The highest BCUT2D eigenvalue weighted by molar-refractivity contribution is 6.30. The zero-order valence-electron chi connectivity index (χ0n) is 13.5. The molecule has 0 aliphatic carbocycles. The number of methoxy groups -OCH3 is 1. The molecule has 1 heterocycles. The monoisotopic (exact) mass is 357 g/mol. The van der Waals surface area contributed by atoms with Gasteiger partial charge in [0, 0.05) is 17.1 Å². The zero-order valence-corrected chi connectivity index (χ0v) is 14.3. The van der Waals surface area contributed by atoms with Gasteiger partial charge in [-0.3, -0.25) is 4.79 Å². The molecule has 7 heteroatoms. The fourth-order valence-corrected chi connectivity index (χ4v) is 2.55. The van der Waals surface area contributed by atoms with E-state index in [1.165, 1.54) is 0 Å². The lowest BCUT2D eigenvalue weighted by Gasteiger charge is -2.08. The molecule has 0 fully saturated rings. The minimum atomic E-state index is -0.434. The van der Waals surface area contributed by atoms with Crippen molar-refractivity contribution in [3.63, 3.8) is 0 Å². The number of aromatic nitrogens is 2. The Balaban J connectivity index is 1.62. The molecular formula is C18H16ClN3O3. The molecule has 0 bridgehead atoms. The third-order valence-electron chi connectivity index (χ3n) is 3.54. The number of carbonyl (C=O) groups excluding carboxylic acids is 1. The number of para-hydroxylation sites is 1. The van der Waals surface area contributed by atoms with Crippen LogP contribution in [0.25, 0.3) is 0 Å². The second kappa shape index (κ2) is 7.81. The second-order valence-electron chi connectivity index (χ2n) is 5.30. The predicted molar refractivity (Wildman–Crippen MR) is 92.7 cm³/mol. The van der Waals surface area contributed by atoms with E-state index in [-0.39, 0.29) is 5.89 Å². The maximum absolute atomic E-state index is 12.2. The van der Waals surface area contributed by atoms with Crippen LogP contribution in [0.5, 0.6) is 5.75 Å². The molecule has 1 aromatic heterocycles. The first kappa shape index (κ1) is 17.0. The van der Waals surface area contributed by atoms with Crippen molar-refractivity contribution < 1.29 is 13.9 Å². The van der Waals surface area contributed by atoms with E-state index in [9.17, 15) is 4.79 Å². The molecule has 0 saturated heterocycles. The average Bonchev–Trinajstić information content (AvgIpc) is 3.08. The SMILES string of the molecule is COc1ccccc1CNC(=O)c1nnc(Cc2cccc(Cl)c2)o1. The molecule has 0 aliphatic heterocycles. The Hall–Kier alpha value is -2.86. The summed E-state index contributed by atoms with van der Waals surface area (Å²) in [5.41, 5.74) is 1.79. The normalized spacial score (nSPS) is 10.5. The summed E-state index contributed by atoms with van der Waals surface area (Å²) in [4.78, 5) is 12.2. The van der Waals surface area contributed by atoms with Crippen LogP contribution in [0.4, 0.5) is 0 Å². The molecule has 1 amide bonds. The number of amides is 1. The largest absolute Gasteiger partial charge is 0.496 e. The quantitative estimate of drug-likeness (QED) is 0.732. The number of nitrogens with zero attached hydrogens (tertiary/aromatic N) is 2. The standard InChI is InChI=1S/C18H16ClN3O3/c1-24-15-8-3-2-6-13(15)11-20-17(23)18-22-21-16(25-18)10-12-5-4-7-14(19)9-12/h2-9H,10-11H2,1H3,(H,20,23). The Bertz CT molecular complexity index is 879. The van der Waals surface area contributed by atoms with Crippen molar-refractivity contribution in [1.29, 1.82) is 0 Å². The van der Waals surface area contributed by atoms with Crippen LogP contribution in [-0.2, 0) is 13.0 Å². The second-order valence-corrected chi connectivity index (χ2v) is 5.74. The number of ether oxygens (including phenoxy) is 1. The summed E-state index contributed by atoms with van der Waals surface area (Å²) in [5.74, 6) is 0.544. The van der Waals surface area contributed by atoms with Gasteiger partial charge in [-0.25, -0.2) is 0 Å². The van der Waals surface area contributed by atoms with Crippen molar-refractivity contribution in [2.45, 2.75) is 13.0 Å². The topological polar surface area (TPSA) is 77.2 Å². The van der Waals surface area contributed by atoms with Gasteiger partial charge in [0.25, 0.3) is 0 Å². The van der Waals surface area contributed by atoms with Crippen LogP contribution >= 0.6 is 11.6 Å². The fraction of sp³-hybridized carbons (Fsp3) is 0.167. The van der Waals surface area contributed by atoms with Crippen molar-refractivity contribution in [2.75, 3.05) is 7.11 Å². The summed E-state index contributed by atoms with van der Waals surface area (Å²) < 4.78 is 10.7. The highest BCUT2D eigenvalue weighted by Crippen LogP contribution is 2.17. The van der Waals surface area contributed by atoms with Crippen LogP contribution < -0.4 is 10.1 Å². The molecule has 1 N–H and O–H groups in total. The molecule has 128 valence electrons. The third-order valence-corrected chi connectivity index (χ3v) is 3.77. The molecule has 0 saturated carbocycles. The number of rotatable bonds is 6. The summed E-state index contributed by atoms with van der Waals surface area (Å²) >= 11 is 5.95. The van der Waals surface area contributed by atoms with E-state index in [0.717, 1.165) is 11.1 Å². The van der Waals surface area contributed by atoms with Gasteiger partial charge in [-0.2, -0.15) is 0 Å². The zero-order chi connectivity index (χ0) is 17.6. The first-order valence-corrected chi connectivity index (χ1v) is 8.00. The minimum absolute atomic E-state index is 0.0769. The summed E-state index contributed by atoms with van der Waals surface area (Å²) in [6, 6.07) is 14.8. The molecule has 0 spiro atoms. The molecule has 0 unspecified atom stereocenters. The molecular weight excluding hydrogens is 342 g/mol. The lowest BCUT2D eigenvalue weighted by molar-refractivity contribution is 0.0914. The van der Waals surface area contributed by atoms with Gasteiger partial charge in [-0.1, -0.05) is 41.9 Å². The maximum Gasteiger partial charge on any atom is 0.309 e. The van der Waals surface area contributed by atoms with Crippen molar-refractivity contribution in [2.24, 2.45) is 0 Å². The number of halogens is 1. The van der Waals surface area contributed by atoms with E-state index < -0.39 is 5.91 Å². The van der Waals surface area contributed by atoms with E-state index in [1.807, 2.05) is 42.5 Å². The van der Waals surface area contributed by atoms with Crippen LogP contribution in [0.1, 0.15) is 27.7 Å². The van der Waals surface area contributed by atoms with Crippen molar-refractivity contribution in [3.05, 3.63) is 76.5 Å². The Morgan fingerprint density at radius 2 is 2.04 bits per heavy atom. The molecule has 25 heavy (non-hydrogen) atoms. The van der Waals surface area contributed by atoms with Crippen LogP contribution in [0.2, 0.25) is 5.02 Å². The van der Waals surface area contributed by atoms with Crippen LogP contribution in [0.15, 0.2) is 52.9 Å². The third kappa shape index (κ3) is 4.36. The number of hydrogen-bond donors (Lipinski definition) is 1. The van der Waals surface area contributed by atoms with E-state index in [4.69, 9.17) is 20.8 Å². The number of carbonyl (C=O) groups is 1. The number of hydrogen-bond acceptors (Lipinski definition) is 5. The highest BCUT2D eigenvalue weighted by atomic mass is 35.5. The molecule has 0 atom stereocenters. The Labute approximate surface area is 149 Å². The van der Waals surface area contributed by atoms with Gasteiger partial charge in [-0.05, 0) is 23.8 Å². The van der Waals surface area contributed by atoms with Gasteiger partial charge in [0.05, 0.1) is 13.5 Å². The summed E-state index contributed by atoms with van der Waals surface area (Å²) in [5, 5.41) is 11.1. The van der Waals surface area contributed by atoms with Gasteiger partial charge < -0.3 is 14.5 Å². The average molecular weight is 358 g/mol. The van der Waals surface area contributed by atoms with Crippen molar-refractivity contribution >= 4 is 17.5 Å². The molecule has 6 nitrogen and oxygen atoms in total. The molecule has 3 rings (SSSR count). The van der Waals surface area contributed by atoms with Gasteiger partial charge in [0.2, 0.25) is 5.89 Å². The van der Waals surface area contributed by atoms with Crippen molar-refractivity contribution in [1.82, 2.24) is 15.5 Å². The van der Waals surface area contributed by atoms with Gasteiger partial charge in [0.1, 0.15) is 5.75 Å². The lowest BCUT2D eigenvalue weighted by atomic mass is 10.1. The van der Waals surface area contributed by atoms with Crippen LogP contribution in [0.3, 0.4) is 0 Å². The lowest BCUT2D eigenvalue weighted by Crippen LogP contribution is -2.23. The number of benzene rings is 2. The molecule has 2 aromatic carbocycles. The maximum atomic E-state index is 12.2. The molecule has 0 radical (unpaired) electrons. The number of nitrogens with one attached hydrogen (secondary N) is 1. The Morgan fingerprint density at radius 3 is 2.84 bits per heavy atom. The fourth-order valence-electron chi connectivity index (χ4n) is 2.34. The van der Waals surface area contributed by atoms with E-state index in [0.29, 0.717) is 29.6 Å².